The van der Waals surface area contributed by atoms with Gasteiger partial charge in [0, 0.05) is 48.4 Å². The molecule has 0 radical (unpaired) electrons. The highest BCUT2D eigenvalue weighted by Gasteiger charge is 2.24. The summed E-state index contributed by atoms with van der Waals surface area (Å²) in [5.74, 6) is 0.618. The lowest BCUT2D eigenvalue weighted by atomic mass is 9.93. The van der Waals surface area contributed by atoms with Gasteiger partial charge in [0.2, 0.25) is 0 Å². The van der Waals surface area contributed by atoms with Gasteiger partial charge in [-0.05, 0) is 56.4 Å². The fourth-order valence-electron chi connectivity index (χ4n) is 2.88. The average Bonchev–Trinajstić information content (AvgIpc) is 2.42. The van der Waals surface area contributed by atoms with E-state index in [1.54, 1.807) is 0 Å². The minimum Gasteiger partial charge on any atom is -0.507 e. The summed E-state index contributed by atoms with van der Waals surface area (Å²) in [6, 6.07) is 0. The van der Waals surface area contributed by atoms with Crippen LogP contribution in [0.4, 0.5) is 0 Å². The van der Waals surface area contributed by atoms with Gasteiger partial charge in [-0.1, -0.05) is 0 Å². The third kappa shape index (κ3) is 5.34. The molecule has 0 fully saturated rings. The lowest BCUT2D eigenvalue weighted by Crippen LogP contribution is -2.22. The minimum atomic E-state index is 0.309. The van der Waals surface area contributed by atoms with Gasteiger partial charge in [0.05, 0.1) is 0 Å². The quantitative estimate of drug-likeness (QED) is 0.698. The van der Waals surface area contributed by atoms with Crippen molar-refractivity contribution in [2.75, 3.05) is 56.4 Å². The predicted molar refractivity (Wildman–Crippen MR) is 99.3 cm³/mol. The fraction of sp³-hybridized carbons (Fsp3) is 0.667. The van der Waals surface area contributed by atoms with Crippen molar-refractivity contribution in [1.82, 2.24) is 19.6 Å². The van der Waals surface area contributed by atoms with Crippen molar-refractivity contribution in [3.05, 3.63) is 22.3 Å². The number of benzene rings is 1. The summed E-state index contributed by atoms with van der Waals surface area (Å²) in [4.78, 5) is 8.05. The van der Waals surface area contributed by atoms with Crippen LogP contribution in [0.3, 0.4) is 0 Å². The van der Waals surface area contributed by atoms with E-state index in [-0.39, 0.29) is 0 Å². The molecule has 24 heavy (non-hydrogen) atoms. The van der Waals surface area contributed by atoms with E-state index in [1.165, 1.54) is 0 Å². The standard InChI is InChI=1S/C18H34N4O2/c1-19(2)9-13-14(10-20(3)4)18(24)16(12-22(7)8)15(17(13)23)11-21(5)6/h23-24H,9-12H2,1-8H3. The summed E-state index contributed by atoms with van der Waals surface area (Å²) in [6.45, 7) is 2.35. The molecule has 0 aliphatic carbocycles. The first-order chi connectivity index (χ1) is 11.0. The maximum absolute atomic E-state index is 11.0. The molecule has 0 atom stereocenters. The molecular weight excluding hydrogens is 304 g/mol. The van der Waals surface area contributed by atoms with Crippen molar-refractivity contribution in [2.24, 2.45) is 0 Å². The molecule has 1 aromatic carbocycles. The van der Waals surface area contributed by atoms with Crippen LogP contribution in [0.25, 0.3) is 0 Å². The molecule has 2 N–H and O–H groups in total. The number of aromatic hydroxyl groups is 2. The molecule has 0 saturated heterocycles. The van der Waals surface area contributed by atoms with Crippen molar-refractivity contribution in [3.63, 3.8) is 0 Å². The van der Waals surface area contributed by atoms with Gasteiger partial charge in [0.15, 0.2) is 0 Å². The van der Waals surface area contributed by atoms with E-state index in [4.69, 9.17) is 0 Å². The Morgan fingerprint density at radius 2 is 0.625 bits per heavy atom. The predicted octanol–water partition coefficient (Wildman–Crippen LogP) is 1.34. The summed E-state index contributed by atoms with van der Waals surface area (Å²) in [6.07, 6.45) is 0. The summed E-state index contributed by atoms with van der Waals surface area (Å²) in [5, 5.41) is 22.0. The van der Waals surface area contributed by atoms with Crippen molar-refractivity contribution in [2.45, 2.75) is 26.2 Å². The molecule has 0 spiro atoms. The third-order valence-electron chi connectivity index (χ3n) is 3.77. The molecule has 1 aromatic rings. The Labute approximate surface area is 146 Å². The maximum Gasteiger partial charge on any atom is 0.125 e. The van der Waals surface area contributed by atoms with Gasteiger partial charge in [-0.25, -0.2) is 0 Å². The number of nitrogens with zero attached hydrogens (tertiary/aromatic N) is 4. The van der Waals surface area contributed by atoms with E-state index in [2.05, 4.69) is 0 Å². The van der Waals surface area contributed by atoms with Crippen molar-refractivity contribution in [1.29, 1.82) is 0 Å². The maximum atomic E-state index is 11.0. The van der Waals surface area contributed by atoms with E-state index in [0.29, 0.717) is 37.7 Å². The van der Waals surface area contributed by atoms with Gasteiger partial charge in [-0.3, -0.25) is 0 Å². The molecule has 1 rings (SSSR count). The van der Waals surface area contributed by atoms with E-state index in [9.17, 15) is 10.2 Å². The first-order valence-electron chi connectivity index (χ1n) is 8.20. The summed E-state index contributed by atoms with van der Waals surface area (Å²) < 4.78 is 0. The highest BCUT2D eigenvalue weighted by Crippen LogP contribution is 2.40. The fourth-order valence-corrected chi connectivity index (χ4v) is 2.88. The van der Waals surface area contributed by atoms with E-state index in [1.807, 2.05) is 76.0 Å². The van der Waals surface area contributed by atoms with Crippen LogP contribution < -0.4 is 0 Å². The highest BCUT2D eigenvalue weighted by molar-refractivity contribution is 5.58. The smallest absolute Gasteiger partial charge is 0.125 e. The van der Waals surface area contributed by atoms with Gasteiger partial charge in [-0.2, -0.15) is 0 Å². The highest BCUT2D eigenvalue weighted by atomic mass is 16.3. The molecule has 6 heteroatoms. The second-order valence-corrected chi connectivity index (χ2v) is 7.56. The summed E-state index contributed by atoms with van der Waals surface area (Å²) in [5.41, 5.74) is 3.24. The molecule has 6 nitrogen and oxygen atoms in total. The Morgan fingerprint density at radius 3 is 0.750 bits per heavy atom. The Bertz CT molecular complexity index is 460. The monoisotopic (exact) mass is 338 g/mol. The normalized spacial score (nSPS) is 12.2. The number of phenolic OH excluding ortho intramolecular Hbond substituents is 2. The number of hydrogen-bond acceptors (Lipinski definition) is 6. The summed E-state index contributed by atoms with van der Waals surface area (Å²) >= 11 is 0. The van der Waals surface area contributed by atoms with Gasteiger partial charge in [-0.15, -0.1) is 0 Å². The Morgan fingerprint density at radius 1 is 0.458 bits per heavy atom. The second-order valence-electron chi connectivity index (χ2n) is 7.56. The van der Waals surface area contributed by atoms with Crippen molar-refractivity contribution >= 4 is 0 Å². The Hall–Kier alpha value is -1.34. The Balaban J connectivity index is 3.64. The molecule has 0 amide bonds. The molecule has 0 unspecified atom stereocenters. The minimum absolute atomic E-state index is 0.309. The summed E-state index contributed by atoms with van der Waals surface area (Å²) in [7, 11) is 15.7. The molecule has 0 aliphatic rings. The Kier molecular flexibility index (Phi) is 7.48. The topological polar surface area (TPSA) is 53.4 Å². The van der Waals surface area contributed by atoms with Gasteiger partial charge in [0.1, 0.15) is 11.5 Å². The van der Waals surface area contributed by atoms with Crippen LogP contribution >= 0.6 is 0 Å². The van der Waals surface area contributed by atoms with E-state index < -0.39 is 0 Å². The van der Waals surface area contributed by atoms with Crippen molar-refractivity contribution < 1.29 is 10.2 Å². The van der Waals surface area contributed by atoms with Crippen LogP contribution in [0.15, 0.2) is 0 Å². The zero-order valence-electron chi connectivity index (χ0n) is 16.5. The van der Waals surface area contributed by atoms with Gasteiger partial charge < -0.3 is 29.8 Å². The molecule has 0 saturated carbocycles. The zero-order chi connectivity index (χ0) is 18.6. The number of hydrogen-bond donors (Lipinski definition) is 2. The molecule has 0 aromatic heterocycles. The van der Waals surface area contributed by atoms with Crippen LogP contribution in [-0.2, 0) is 26.2 Å². The van der Waals surface area contributed by atoms with Crippen molar-refractivity contribution in [3.8, 4) is 11.5 Å². The van der Waals surface area contributed by atoms with Crippen LogP contribution in [-0.4, -0.2) is 86.2 Å². The number of rotatable bonds is 8. The lowest BCUT2D eigenvalue weighted by molar-refractivity contribution is 0.334. The van der Waals surface area contributed by atoms with Gasteiger partial charge in [0.25, 0.3) is 0 Å². The molecule has 138 valence electrons. The molecule has 0 aliphatic heterocycles. The van der Waals surface area contributed by atoms with Crippen LogP contribution in [0.2, 0.25) is 0 Å². The molecule has 0 heterocycles. The first-order valence-corrected chi connectivity index (χ1v) is 8.20. The lowest BCUT2D eigenvalue weighted by Gasteiger charge is -2.26. The SMILES string of the molecule is CN(C)Cc1c(O)c(CN(C)C)c(CN(C)C)c(O)c1CN(C)C. The molecular formula is C18H34N4O2. The zero-order valence-corrected chi connectivity index (χ0v) is 16.5. The third-order valence-corrected chi connectivity index (χ3v) is 3.77. The van der Waals surface area contributed by atoms with E-state index >= 15 is 0 Å². The largest absolute Gasteiger partial charge is 0.507 e. The van der Waals surface area contributed by atoms with E-state index in [0.717, 1.165) is 22.3 Å². The first kappa shape index (κ1) is 20.7. The van der Waals surface area contributed by atoms with Crippen LogP contribution in [0, 0.1) is 0 Å². The second kappa shape index (κ2) is 8.67. The van der Waals surface area contributed by atoms with Crippen LogP contribution in [0.5, 0.6) is 11.5 Å². The van der Waals surface area contributed by atoms with Gasteiger partial charge >= 0.3 is 0 Å². The van der Waals surface area contributed by atoms with Crippen LogP contribution in [0.1, 0.15) is 22.3 Å². The average molecular weight is 338 g/mol. The molecule has 0 bridgehead atoms. The number of phenols is 2.